The van der Waals surface area contributed by atoms with E-state index in [0.29, 0.717) is 0 Å². The second-order valence-electron chi connectivity index (χ2n) is 8.77. The van der Waals surface area contributed by atoms with Crippen molar-refractivity contribution in [3.05, 3.63) is 65.7 Å². The summed E-state index contributed by atoms with van der Waals surface area (Å²) < 4.78 is 0. The zero-order valence-corrected chi connectivity index (χ0v) is 18.9. The summed E-state index contributed by atoms with van der Waals surface area (Å²) in [5, 5.41) is 12.6. The Hall–Kier alpha value is -2.44. The number of fused-ring (bicyclic) bond motifs is 1. The maximum absolute atomic E-state index is 10.9. The molecule has 6 heteroatoms. The Morgan fingerprint density at radius 2 is 1.97 bits per heavy atom. The van der Waals surface area contributed by atoms with Gasteiger partial charge in [-0.1, -0.05) is 50.2 Å². The van der Waals surface area contributed by atoms with E-state index < -0.39 is 5.97 Å². The summed E-state index contributed by atoms with van der Waals surface area (Å²) in [7, 11) is 4.22. The van der Waals surface area contributed by atoms with Crippen LogP contribution in [0.2, 0.25) is 0 Å². The smallest absolute Gasteiger partial charge is 0.328 e. The number of benzene rings is 2. The molecule has 1 aliphatic rings. The number of anilines is 2. The van der Waals surface area contributed by atoms with Gasteiger partial charge in [0.2, 0.25) is 0 Å². The molecule has 2 aromatic carbocycles. The molecule has 2 N–H and O–H groups in total. The predicted molar refractivity (Wildman–Crippen MR) is 128 cm³/mol. The fraction of sp³-hybridized carbons (Fsp3) is 0.375. The van der Waals surface area contributed by atoms with Crippen molar-refractivity contribution in [2.75, 3.05) is 37.4 Å². The first-order chi connectivity index (χ1) is 14.2. The summed E-state index contributed by atoms with van der Waals surface area (Å²) in [6.45, 7) is 6.51. The molecule has 30 heavy (non-hydrogen) atoms. The van der Waals surface area contributed by atoms with E-state index in [1.165, 1.54) is 17.3 Å². The predicted octanol–water partition coefficient (Wildman–Crippen LogP) is 4.82. The number of thioether (sulfide) groups is 1. The lowest BCUT2D eigenvalue weighted by molar-refractivity contribution is -0.131. The van der Waals surface area contributed by atoms with Crippen LogP contribution in [-0.4, -0.2) is 48.7 Å². The Labute approximate surface area is 183 Å². The van der Waals surface area contributed by atoms with Crippen LogP contribution in [0.15, 0.2) is 54.6 Å². The number of hydrogen-bond donors (Lipinski definition) is 2. The van der Waals surface area contributed by atoms with Gasteiger partial charge in [-0.2, -0.15) is 0 Å². The van der Waals surface area contributed by atoms with Crippen molar-refractivity contribution < 1.29 is 9.90 Å². The van der Waals surface area contributed by atoms with E-state index in [1.807, 2.05) is 30.0 Å². The molecule has 0 bridgehead atoms. The van der Waals surface area contributed by atoms with Crippen molar-refractivity contribution in [1.82, 2.24) is 4.90 Å². The standard InChI is InChI=1S/C24H31N3O2S/c1-24(2,16-26(3)4)17-27-21-12-10-18(11-13-22(28)29)14-20(21)25-23(27)30-15-19-8-6-5-7-9-19/h5-14,23,25H,15-17H2,1-4H3,(H,28,29). The van der Waals surface area contributed by atoms with E-state index in [9.17, 15) is 4.79 Å². The Bertz CT molecular complexity index is 897. The van der Waals surface area contributed by atoms with Gasteiger partial charge >= 0.3 is 5.97 Å². The van der Waals surface area contributed by atoms with Gasteiger partial charge in [-0.05, 0) is 48.8 Å². The average molecular weight is 426 g/mol. The summed E-state index contributed by atoms with van der Waals surface area (Å²) in [4.78, 5) is 15.5. The van der Waals surface area contributed by atoms with Gasteiger partial charge in [0.25, 0.3) is 0 Å². The highest BCUT2D eigenvalue weighted by Crippen LogP contribution is 2.41. The van der Waals surface area contributed by atoms with Crippen molar-refractivity contribution in [3.8, 4) is 0 Å². The molecule has 2 aromatic rings. The van der Waals surface area contributed by atoms with Gasteiger partial charge < -0.3 is 20.2 Å². The fourth-order valence-electron chi connectivity index (χ4n) is 3.94. The van der Waals surface area contributed by atoms with E-state index in [0.717, 1.165) is 30.1 Å². The Morgan fingerprint density at radius 1 is 1.23 bits per heavy atom. The monoisotopic (exact) mass is 425 g/mol. The van der Waals surface area contributed by atoms with Gasteiger partial charge in [-0.15, -0.1) is 11.8 Å². The van der Waals surface area contributed by atoms with Crippen molar-refractivity contribution in [2.24, 2.45) is 5.41 Å². The molecule has 1 aliphatic heterocycles. The van der Waals surface area contributed by atoms with Crippen LogP contribution in [0.25, 0.3) is 6.08 Å². The van der Waals surface area contributed by atoms with Crippen molar-refractivity contribution in [2.45, 2.75) is 25.1 Å². The summed E-state index contributed by atoms with van der Waals surface area (Å²) in [6.07, 6.45) is 2.81. The Kier molecular flexibility index (Phi) is 7.10. The van der Waals surface area contributed by atoms with Crippen LogP contribution in [0, 0.1) is 5.41 Å². The van der Waals surface area contributed by atoms with Gasteiger partial charge in [-0.25, -0.2) is 4.79 Å². The molecule has 0 aliphatic carbocycles. The van der Waals surface area contributed by atoms with Gasteiger partial charge in [0, 0.05) is 24.9 Å². The molecule has 5 nitrogen and oxygen atoms in total. The molecule has 0 aromatic heterocycles. The third-order valence-corrected chi connectivity index (χ3v) is 6.09. The van der Waals surface area contributed by atoms with Crippen LogP contribution in [0.5, 0.6) is 0 Å². The average Bonchev–Trinajstić information content (AvgIpc) is 3.00. The maximum atomic E-state index is 10.9. The molecule has 3 rings (SSSR count). The quantitative estimate of drug-likeness (QED) is 0.562. The zero-order valence-electron chi connectivity index (χ0n) is 18.1. The molecule has 0 radical (unpaired) electrons. The number of carbonyl (C=O) groups is 1. The Morgan fingerprint density at radius 3 is 2.63 bits per heavy atom. The molecular formula is C24H31N3O2S. The number of nitrogens with one attached hydrogen (secondary N) is 1. The number of aliphatic carboxylic acids is 1. The van der Waals surface area contributed by atoms with Crippen LogP contribution in [0.1, 0.15) is 25.0 Å². The SMILES string of the molecule is CN(C)CC(C)(C)CN1c2ccc(C=CC(=O)O)cc2NC1SCc1ccccc1. The molecular weight excluding hydrogens is 394 g/mol. The first-order valence-electron chi connectivity index (χ1n) is 10.1. The minimum absolute atomic E-state index is 0.111. The van der Waals surface area contributed by atoms with E-state index in [1.54, 1.807) is 6.08 Å². The minimum atomic E-state index is -0.938. The normalized spacial score (nSPS) is 16.2. The molecule has 1 unspecified atom stereocenters. The zero-order chi connectivity index (χ0) is 21.7. The van der Waals surface area contributed by atoms with Crippen molar-refractivity contribution in [1.29, 1.82) is 0 Å². The van der Waals surface area contributed by atoms with Crippen LogP contribution >= 0.6 is 11.8 Å². The van der Waals surface area contributed by atoms with Gasteiger partial charge in [0.05, 0.1) is 11.4 Å². The lowest BCUT2D eigenvalue weighted by Gasteiger charge is -2.36. The first kappa shape index (κ1) is 22.2. The molecule has 0 amide bonds. The Balaban J connectivity index is 1.83. The highest BCUT2D eigenvalue weighted by molar-refractivity contribution is 7.99. The minimum Gasteiger partial charge on any atom is -0.478 e. The lowest BCUT2D eigenvalue weighted by Crippen LogP contribution is -2.43. The fourth-order valence-corrected chi connectivity index (χ4v) is 5.07. The molecule has 0 spiro atoms. The highest BCUT2D eigenvalue weighted by Gasteiger charge is 2.33. The third kappa shape index (κ3) is 6.03. The summed E-state index contributed by atoms with van der Waals surface area (Å²) >= 11 is 1.87. The van der Waals surface area contributed by atoms with Crippen LogP contribution in [0.4, 0.5) is 11.4 Å². The number of nitrogens with zero attached hydrogens (tertiary/aromatic N) is 2. The molecule has 0 saturated carbocycles. The van der Waals surface area contributed by atoms with E-state index in [-0.39, 0.29) is 10.9 Å². The van der Waals surface area contributed by atoms with Gasteiger partial charge in [-0.3, -0.25) is 0 Å². The molecule has 0 fully saturated rings. The number of hydrogen-bond acceptors (Lipinski definition) is 5. The molecule has 160 valence electrons. The van der Waals surface area contributed by atoms with E-state index in [4.69, 9.17) is 5.11 Å². The van der Waals surface area contributed by atoms with Crippen molar-refractivity contribution >= 4 is 35.2 Å². The highest BCUT2D eigenvalue weighted by atomic mass is 32.2. The second kappa shape index (κ2) is 9.58. The van der Waals surface area contributed by atoms with Crippen LogP contribution < -0.4 is 10.2 Å². The number of rotatable bonds is 9. The van der Waals surface area contributed by atoms with E-state index >= 15 is 0 Å². The second-order valence-corrected chi connectivity index (χ2v) is 9.84. The van der Waals surface area contributed by atoms with E-state index in [2.05, 4.69) is 73.4 Å². The maximum Gasteiger partial charge on any atom is 0.328 e. The number of carboxylic acid groups (broad SMARTS) is 1. The third-order valence-electron chi connectivity index (χ3n) is 4.90. The molecule has 1 heterocycles. The largest absolute Gasteiger partial charge is 0.478 e. The van der Waals surface area contributed by atoms with Gasteiger partial charge in [0.1, 0.15) is 5.50 Å². The molecule has 1 atom stereocenters. The van der Waals surface area contributed by atoms with Crippen LogP contribution in [0.3, 0.4) is 0 Å². The van der Waals surface area contributed by atoms with Crippen LogP contribution in [-0.2, 0) is 10.5 Å². The number of carboxylic acids is 1. The molecule has 0 saturated heterocycles. The summed E-state index contributed by atoms with van der Waals surface area (Å²) in [6, 6.07) is 16.6. The summed E-state index contributed by atoms with van der Waals surface area (Å²) in [5.74, 6) is -0.0186. The first-order valence-corrected chi connectivity index (χ1v) is 11.2. The lowest BCUT2D eigenvalue weighted by atomic mass is 9.92. The topological polar surface area (TPSA) is 55.8 Å². The van der Waals surface area contributed by atoms with Gasteiger partial charge in [0.15, 0.2) is 0 Å². The van der Waals surface area contributed by atoms with Crippen molar-refractivity contribution in [3.63, 3.8) is 0 Å². The summed E-state index contributed by atoms with van der Waals surface area (Å²) in [5.41, 5.74) is 4.64.